The van der Waals surface area contributed by atoms with Crippen LogP contribution in [0, 0.1) is 0 Å². The molecule has 0 atom stereocenters. The molecule has 0 amide bonds. The minimum atomic E-state index is -3.74. The van der Waals surface area contributed by atoms with Gasteiger partial charge in [-0.3, -0.25) is 0 Å². The molecule has 2 rings (SSSR count). The molecule has 0 radical (unpaired) electrons. The molecule has 0 aromatic heterocycles. The lowest BCUT2D eigenvalue weighted by Gasteiger charge is -2.32. The van der Waals surface area contributed by atoms with E-state index in [4.69, 9.17) is 17.3 Å². The van der Waals surface area contributed by atoms with E-state index in [1.54, 1.807) is 11.1 Å². The molecule has 1 aliphatic rings. The van der Waals surface area contributed by atoms with Crippen molar-refractivity contribution < 1.29 is 8.42 Å². The average Bonchev–Trinajstić information content (AvgIpc) is 2.31. The molecule has 8 heteroatoms. The van der Waals surface area contributed by atoms with Crippen molar-refractivity contribution in [3.63, 3.8) is 0 Å². The molecule has 1 aromatic rings. The van der Waals surface area contributed by atoms with Gasteiger partial charge in [0.05, 0.1) is 10.7 Å². The molecule has 1 heterocycles. The summed E-state index contributed by atoms with van der Waals surface area (Å²) in [7, 11) is -1.74. The summed E-state index contributed by atoms with van der Waals surface area (Å²) in [5, 5.41) is 1.79. The van der Waals surface area contributed by atoms with Crippen LogP contribution in [0.3, 0.4) is 0 Å². The van der Waals surface area contributed by atoms with E-state index in [-0.39, 0.29) is 15.6 Å². The molecule has 1 fully saturated rings. The number of sulfonamides is 1. The van der Waals surface area contributed by atoms with Gasteiger partial charge >= 0.3 is 0 Å². The SMILES string of the molecule is CN1CCN(NS(=O)(=O)c2c(N)cccc2Cl)CC1. The highest BCUT2D eigenvalue weighted by molar-refractivity contribution is 7.89. The van der Waals surface area contributed by atoms with Gasteiger partial charge in [-0.2, -0.15) is 0 Å². The molecule has 1 saturated heterocycles. The van der Waals surface area contributed by atoms with Crippen LogP contribution in [0.2, 0.25) is 5.02 Å². The quantitative estimate of drug-likeness (QED) is 0.789. The number of hydrogen-bond donors (Lipinski definition) is 2. The summed E-state index contributed by atoms with van der Waals surface area (Å²) in [5.74, 6) is 0. The highest BCUT2D eigenvalue weighted by Crippen LogP contribution is 2.26. The van der Waals surface area contributed by atoms with Crippen LogP contribution in [-0.4, -0.2) is 51.6 Å². The number of likely N-dealkylation sites (N-methyl/N-ethyl adjacent to an activating group) is 1. The van der Waals surface area contributed by atoms with Gasteiger partial charge in [0.1, 0.15) is 4.90 Å². The van der Waals surface area contributed by atoms with Crippen molar-refractivity contribution in [1.82, 2.24) is 14.7 Å². The third kappa shape index (κ3) is 3.37. The number of anilines is 1. The monoisotopic (exact) mass is 304 g/mol. The standard InChI is InChI=1S/C11H17ClN4O2S/c1-15-5-7-16(8-6-15)14-19(17,18)11-9(12)3-2-4-10(11)13/h2-4,14H,5-8,13H2,1H3. The van der Waals surface area contributed by atoms with Gasteiger partial charge in [0.15, 0.2) is 0 Å². The molecule has 0 spiro atoms. The van der Waals surface area contributed by atoms with Crippen molar-refractivity contribution in [3.05, 3.63) is 23.2 Å². The second-order valence-electron chi connectivity index (χ2n) is 4.54. The van der Waals surface area contributed by atoms with Gasteiger partial charge in [0.2, 0.25) is 0 Å². The molecular weight excluding hydrogens is 288 g/mol. The van der Waals surface area contributed by atoms with Crippen LogP contribution >= 0.6 is 11.6 Å². The van der Waals surface area contributed by atoms with Gasteiger partial charge in [0.25, 0.3) is 10.0 Å². The predicted molar refractivity (Wildman–Crippen MR) is 75.3 cm³/mol. The van der Waals surface area contributed by atoms with Crippen LogP contribution in [-0.2, 0) is 10.0 Å². The minimum absolute atomic E-state index is 0.0596. The van der Waals surface area contributed by atoms with Crippen LogP contribution in [0.15, 0.2) is 23.1 Å². The van der Waals surface area contributed by atoms with Crippen molar-refractivity contribution >= 4 is 27.3 Å². The molecule has 106 valence electrons. The van der Waals surface area contributed by atoms with E-state index in [0.717, 1.165) is 13.1 Å². The van der Waals surface area contributed by atoms with Gasteiger partial charge in [-0.15, -0.1) is 4.83 Å². The zero-order valence-electron chi connectivity index (χ0n) is 10.6. The van der Waals surface area contributed by atoms with E-state index in [9.17, 15) is 8.42 Å². The number of benzene rings is 1. The van der Waals surface area contributed by atoms with E-state index in [1.807, 2.05) is 7.05 Å². The lowest BCUT2D eigenvalue weighted by molar-refractivity contribution is 0.135. The molecular formula is C11H17ClN4O2S. The Morgan fingerprint density at radius 3 is 2.47 bits per heavy atom. The number of nitrogens with zero attached hydrogens (tertiary/aromatic N) is 2. The average molecular weight is 305 g/mol. The summed E-state index contributed by atoms with van der Waals surface area (Å²) < 4.78 is 24.6. The summed E-state index contributed by atoms with van der Waals surface area (Å²) >= 11 is 5.93. The molecule has 3 N–H and O–H groups in total. The normalized spacial score (nSPS) is 18.6. The topological polar surface area (TPSA) is 78.7 Å². The summed E-state index contributed by atoms with van der Waals surface area (Å²) in [6, 6.07) is 4.65. The van der Waals surface area contributed by atoms with Gasteiger partial charge < -0.3 is 10.6 Å². The molecule has 0 saturated carbocycles. The van der Waals surface area contributed by atoms with Crippen molar-refractivity contribution in [2.24, 2.45) is 0 Å². The second-order valence-corrected chi connectivity index (χ2v) is 6.55. The summed E-state index contributed by atoms with van der Waals surface area (Å²) in [5.41, 5.74) is 5.85. The molecule has 0 unspecified atom stereocenters. The summed E-state index contributed by atoms with van der Waals surface area (Å²) in [4.78, 5) is 4.60. The lowest BCUT2D eigenvalue weighted by Crippen LogP contribution is -2.52. The first kappa shape index (κ1) is 14.5. The van der Waals surface area contributed by atoms with Gasteiger partial charge in [-0.25, -0.2) is 13.4 Å². The third-order valence-corrected chi connectivity index (χ3v) is 4.94. The lowest BCUT2D eigenvalue weighted by atomic mass is 10.3. The Labute approximate surface area is 118 Å². The van der Waals surface area contributed by atoms with Gasteiger partial charge in [-0.1, -0.05) is 17.7 Å². The maximum Gasteiger partial charge on any atom is 0.256 e. The molecule has 0 bridgehead atoms. The fourth-order valence-electron chi connectivity index (χ4n) is 1.92. The molecule has 0 aliphatic carbocycles. The molecule has 1 aromatic carbocycles. The van der Waals surface area contributed by atoms with Crippen molar-refractivity contribution in [2.45, 2.75) is 4.90 Å². The van der Waals surface area contributed by atoms with Crippen molar-refractivity contribution in [1.29, 1.82) is 0 Å². The number of nitrogens with two attached hydrogens (primary N) is 1. The smallest absolute Gasteiger partial charge is 0.256 e. The van der Waals surface area contributed by atoms with Crippen LogP contribution < -0.4 is 10.6 Å². The number of halogens is 1. The largest absolute Gasteiger partial charge is 0.398 e. The second kappa shape index (κ2) is 5.64. The van der Waals surface area contributed by atoms with E-state index in [2.05, 4.69) is 9.73 Å². The zero-order valence-corrected chi connectivity index (χ0v) is 12.2. The van der Waals surface area contributed by atoms with E-state index in [0.29, 0.717) is 13.1 Å². The number of nitrogen functional groups attached to an aromatic ring is 1. The minimum Gasteiger partial charge on any atom is -0.398 e. The Morgan fingerprint density at radius 2 is 1.89 bits per heavy atom. The van der Waals surface area contributed by atoms with Crippen LogP contribution in [0.5, 0.6) is 0 Å². The Hall–Kier alpha value is -0.860. The number of hydrogen-bond acceptors (Lipinski definition) is 5. The Balaban J connectivity index is 2.19. The fourth-order valence-corrected chi connectivity index (χ4v) is 3.73. The Morgan fingerprint density at radius 1 is 1.26 bits per heavy atom. The first-order valence-electron chi connectivity index (χ1n) is 5.90. The third-order valence-electron chi connectivity index (χ3n) is 3.02. The van der Waals surface area contributed by atoms with Gasteiger partial charge in [-0.05, 0) is 19.2 Å². The first-order chi connectivity index (χ1) is 8.90. The van der Waals surface area contributed by atoms with Crippen LogP contribution in [0.25, 0.3) is 0 Å². The first-order valence-corrected chi connectivity index (χ1v) is 7.76. The highest BCUT2D eigenvalue weighted by Gasteiger charge is 2.25. The number of hydrazine groups is 1. The maximum atomic E-state index is 12.3. The molecule has 6 nitrogen and oxygen atoms in total. The molecule has 1 aliphatic heterocycles. The Bertz CT molecular complexity index is 536. The summed E-state index contributed by atoms with van der Waals surface area (Å²) in [6.45, 7) is 2.86. The highest BCUT2D eigenvalue weighted by atomic mass is 35.5. The Kier molecular flexibility index (Phi) is 4.32. The van der Waals surface area contributed by atoms with Crippen LogP contribution in [0.4, 0.5) is 5.69 Å². The maximum absolute atomic E-state index is 12.3. The van der Waals surface area contributed by atoms with Crippen molar-refractivity contribution in [2.75, 3.05) is 39.0 Å². The predicted octanol–water partition coefficient (Wildman–Crippen LogP) is 0.363. The van der Waals surface area contributed by atoms with E-state index < -0.39 is 10.0 Å². The van der Waals surface area contributed by atoms with Crippen LogP contribution in [0.1, 0.15) is 0 Å². The van der Waals surface area contributed by atoms with Crippen molar-refractivity contribution in [3.8, 4) is 0 Å². The number of rotatable bonds is 3. The van der Waals surface area contributed by atoms with E-state index >= 15 is 0 Å². The zero-order chi connectivity index (χ0) is 14.0. The fraction of sp³-hybridized carbons (Fsp3) is 0.455. The van der Waals surface area contributed by atoms with Gasteiger partial charge in [0, 0.05) is 26.2 Å². The molecule has 19 heavy (non-hydrogen) atoms. The van der Waals surface area contributed by atoms with E-state index in [1.165, 1.54) is 12.1 Å². The number of piperazine rings is 1. The number of nitrogens with one attached hydrogen (secondary N) is 1. The summed E-state index contributed by atoms with van der Waals surface area (Å²) in [6.07, 6.45) is 0.